The lowest BCUT2D eigenvalue weighted by Gasteiger charge is -2.19. The molecule has 0 spiro atoms. The predicted octanol–water partition coefficient (Wildman–Crippen LogP) is 3.48. The number of hydrogen-bond acceptors (Lipinski definition) is 4. The van der Waals surface area contributed by atoms with E-state index in [9.17, 15) is 0 Å². The third kappa shape index (κ3) is 4.04. The number of hydrogen-bond donors (Lipinski definition) is 1. The summed E-state index contributed by atoms with van der Waals surface area (Å²) in [5, 5.41) is 4.55. The Labute approximate surface area is 115 Å². The van der Waals surface area contributed by atoms with E-state index in [0.717, 1.165) is 24.4 Å². The van der Waals surface area contributed by atoms with Gasteiger partial charge in [0, 0.05) is 24.6 Å². The monoisotopic (exact) mass is 270 g/mol. The van der Waals surface area contributed by atoms with Gasteiger partial charge < -0.3 is 10.1 Å². The standard InChI is InChI=1S/C14H26N2OS/c1-7-8-11-12(9-15-10(2)3)18-13(16-11)14(4,5)17-6/h10,15H,7-9H2,1-6H3. The quantitative estimate of drug-likeness (QED) is 0.823. The van der Waals surface area contributed by atoms with Gasteiger partial charge in [-0.2, -0.15) is 0 Å². The summed E-state index contributed by atoms with van der Waals surface area (Å²) in [6.45, 7) is 11.6. The Balaban J connectivity index is 2.93. The molecule has 1 aromatic heterocycles. The highest BCUT2D eigenvalue weighted by Gasteiger charge is 2.25. The molecule has 0 amide bonds. The molecule has 0 aliphatic heterocycles. The summed E-state index contributed by atoms with van der Waals surface area (Å²) in [7, 11) is 1.74. The molecule has 0 saturated heterocycles. The van der Waals surface area contributed by atoms with E-state index < -0.39 is 0 Å². The molecule has 0 bridgehead atoms. The van der Waals surface area contributed by atoms with Crippen molar-refractivity contribution < 1.29 is 4.74 Å². The second-order valence-electron chi connectivity index (χ2n) is 5.39. The zero-order valence-corrected chi connectivity index (χ0v) is 13.3. The molecule has 0 unspecified atom stereocenters. The molecule has 1 rings (SSSR count). The maximum absolute atomic E-state index is 5.52. The van der Waals surface area contributed by atoms with Crippen LogP contribution in [-0.4, -0.2) is 18.1 Å². The zero-order valence-electron chi connectivity index (χ0n) is 12.5. The Bertz CT molecular complexity index is 372. The molecular formula is C14H26N2OS. The van der Waals surface area contributed by atoms with Crippen LogP contribution in [-0.2, 0) is 23.3 Å². The Kier molecular flexibility index (Phi) is 5.76. The van der Waals surface area contributed by atoms with Crippen molar-refractivity contribution in [1.82, 2.24) is 10.3 Å². The molecule has 0 aliphatic carbocycles. The van der Waals surface area contributed by atoms with Crippen molar-refractivity contribution in [1.29, 1.82) is 0 Å². The molecule has 0 aromatic carbocycles. The Hall–Kier alpha value is -0.450. The van der Waals surface area contributed by atoms with E-state index >= 15 is 0 Å². The second-order valence-corrected chi connectivity index (χ2v) is 6.47. The molecule has 0 atom stereocenters. The normalized spacial score (nSPS) is 12.4. The summed E-state index contributed by atoms with van der Waals surface area (Å²) >= 11 is 1.77. The Morgan fingerprint density at radius 1 is 1.39 bits per heavy atom. The van der Waals surface area contributed by atoms with Crippen molar-refractivity contribution in [3.05, 3.63) is 15.6 Å². The van der Waals surface area contributed by atoms with Crippen LogP contribution < -0.4 is 5.32 Å². The van der Waals surface area contributed by atoms with Crippen LogP contribution in [0.4, 0.5) is 0 Å². The third-order valence-electron chi connectivity index (χ3n) is 2.96. The zero-order chi connectivity index (χ0) is 13.8. The first kappa shape index (κ1) is 15.6. The molecule has 3 nitrogen and oxygen atoms in total. The summed E-state index contributed by atoms with van der Waals surface area (Å²) < 4.78 is 5.52. The summed E-state index contributed by atoms with van der Waals surface area (Å²) in [4.78, 5) is 6.13. The fraction of sp³-hybridized carbons (Fsp3) is 0.786. The van der Waals surface area contributed by atoms with E-state index in [-0.39, 0.29) is 5.60 Å². The van der Waals surface area contributed by atoms with E-state index in [1.807, 2.05) is 0 Å². The fourth-order valence-corrected chi connectivity index (χ4v) is 2.73. The van der Waals surface area contributed by atoms with Crippen molar-refractivity contribution >= 4 is 11.3 Å². The lowest BCUT2D eigenvalue weighted by atomic mass is 10.1. The van der Waals surface area contributed by atoms with E-state index in [4.69, 9.17) is 9.72 Å². The topological polar surface area (TPSA) is 34.1 Å². The van der Waals surface area contributed by atoms with Crippen LogP contribution in [0.25, 0.3) is 0 Å². The van der Waals surface area contributed by atoms with Crippen molar-refractivity contribution in [3.8, 4) is 0 Å². The van der Waals surface area contributed by atoms with Crippen LogP contribution >= 0.6 is 11.3 Å². The summed E-state index contributed by atoms with van der Waals surface area (Å²) in [6, 6.07) is 0.500. The van der Waals surface area contributed by atoms with E-state index in [2.05, 4.69) is 39.9 Å². The van der Waals surface area contributed by atoms with Gasteiger partial charge in [0.2, 0.25) is 0 Å². The first-order valence-corrected chi connectivity index (χ1v) is 7.50. The smallest absolute Gasteiger partial charge is 0.125 e. The van der Waals surface area contributed by atoms with Crippen molar-refractivity contribution in [2.75, 3.05) is 7.11 Å². The average Bonchev–Trinajstić information content (AvgIpc) is 2.71. The molecule has 4 heteroatoms. The van der Waals surface area contributed by atoms with Crippen molar-refractivity contribution in [3.63, 3.8) is 0 Å². The highest BCUT2D eigenvalue weighted by molar-refractivity contribution is 7.11. The largest absolute Gasteiger partial charge is 0.372 e. The molecule has 0 radical (unpaired) electrons. The van der Waals surface area contributed by atoms with E-state index in [0.29, 0.717) is 6.04 Å². The number of ether oxygens (including phenoxy) is 1. The molecule has 0 fully saturated rings. The first-order valence-electron chi connectivity index (χ1n) is 6.68. The first-order chi connectivity index (χ1) is 8.40. The maximum Gasteiger partial charge on any atom is 0.125 e. The molecule has 1 heterocycles. The maximum atomic E-state index is 5.52. The van der Waals surface area contributed by atoms with Gasteiger partial charge in [-0.05, 0) is 20.3 Å². The molecular weight excluding hydrogens is 244 g/mol. The lowest BCUT2D eigenvalue weighted by Crippen LogP contribution is -2.21. The van der Waals surface area contributed by atoms with Gasteiger partial charge in [0.15, 0.2) is 0 Å². The fourth-order valence-electron chi connectivity index (χ4n) is 1.60. The van der Waals surface area contributed by atoms with Crippen LogP contribution in [0.1, 0.15) is 56.6 Å². The molecule has 1 aromatic rings. The number of nitrogens with one attached hydrogen (secondary N) is 1. The van der Waals surface area contributed by atoms with Gasteiger partial charge in [0.1, 0.15) is 10.6 Å². The summed E-state index contributed by atoms with van der Waals surface area (Å²) in [6.07, 6.45) is 2.18. The van der Waals surface area contributed by atoms with Crippen molar-refractivity contribution in [2.24, 2.45) is 0 Å². The number of aromatic nitrogens is 1. The van der Waals surface area contributed by atoms with Crippen LogP contribution in [0.3, 0.4) is 0 Å². The van der Waals surface area contributed by atoms with Crippen LogP contribution in [0.5, 0.6) is 0 Å². The van der Waals surface area contributed by atoms with Gasteiger partial charge >= 0.3 is 0 Å². The van der Waals surface area contributed by atoms with Gasteiger partial charge in [0.05, 0.1) is 5.69 Å². The number of aryl methyl sites for hydroxylation is 1. The SMILES string of the molecule is CCCc1nc(C(C)(C)OC)sc1CNC(C)C. The number of rotatable bonds is 7. The summed E-state index contributed by atoms with van der Waals surface area (Å²) in [5.41, 5.74) is 0.944. The molecule has 0 aliphatic rings. The van der Waals surface area contributed by atoms with Crippen molar-refractivity contribution in [2.45, 2.75) is 65.6 Å². The third-order valence-corrected chi connectivity index (χ3v) is 4.36. The Morgan fingerprint density at radius 2 is 2.06 bits per heavy atom. The van der Waals surface area contributed by atoms with Gasteiger partial charge in [-0.25, -0.2) is 4.98 Å². The number of nitrogens with zero attached hydrogens (tertiary/aromatic N) is 1. The predicted molar refractivity (Wildman–Crippen MR) is 78.1 cm³/mol. The van der Waals surface area contributed by atoms with Gasteiger partial charge in [0.25, 0.3) is 0 Å². The lowest BCUT2D eigenvalue weighted by molar-refractivity contribution is 0.0189. The summed E-state index contributed by atoms with van der Waals surface area (Å²) in [5.74, 6) is 0. The molecule has 104 valence electrons. The highest BCUT2D eigenvalue weighted by Crippen LogP contribution is 2.31. The van der Waals surface area contributed by atoms with Gasteiger partial charge in [-0.3, -0.25) is 0 Å². The number of thiazole rings is 1. The minimum Gasteiger partial charge on any atom is -0.372 e. The molecule has 18 heavy (non-hydrogen) atoms. The minimum absolute atomic E-state index is 0.288. The van der Waals surface area contributed by atoms with Gasteiger partial charge in [-0.1, -0.05) is 27.2 Å². The van der Waals surface area contributed by atoms with E-state index in [1.54, 1.807) is 18.4 Å². The highest BCUT2D eigenvalue weighted by atomic mass is 32.1. The van der Waals surface area contributed by atoms with Crippen LogP contribution in [0.2, 0.25) is 0 Å². The number of methoxy groups -OCH3 is 1. The second kappa shape index (κ2) is 6.64. The average molecular weight is 270 g/mol. The Morgan fingerprint density at radius 3 is 2.56 bits per heavy atom. The molecule has 0 saturated carbocycles. The van der Waals surface area contributed by atoms with Crippen LogP contribution in [0, 0.1) is 0 Å². The van der Waals surface area contributed by atoms with Crippen LogP contribution in [0.15, 0.2) is 0 Å². The minimum atomic E-state index is -0.288. The van der Waals surface area contributed by atoms with E-state index in [1.165, 1.54) is 10.6 Å². The molecule has 1 N–H and O–H groups in total. The van der Waals surface area contributed by atoms with Gasteiger partial charge in [-0.15, -0.1) is 11.3 Å².